The molecule has 5 aliphatic carbocycles. The van der Waals surface area contributed by atoms with Crippen molar-refractivity contribution in [2.75, 3.05) is 7.11 Å². The summed E-state index contributed by atoms with van der Waals surface area (Å²) < 4.78 is 11.3. The standard InChI is InChI=1S/C39H56O4/c1-24(2)25(3)8-9-26(4)29-12-14-31-32-15-13-30-27(5)34(18-19-38(30)23-39(32,38)21-20-37(29,31)6)43-36(41)17-11-28-10-16-33(40)35(22-28)42-7/h10-11,16-17,22,24,26-27,29-32,34,40H,3,8-9,12-15,18-21,23H2,1-2,4-7H3. The minimum Gasteiger partial charge on any atom is -0.504 e. The Hall–Kier alpha value is -2.23. The molecule has 1 aromatic rings. The van der Waals surface area contributed by atoms with Crippen LogP contribution >= 0.6 is 0 Å². The summed E-state index contributed by atoms with van der Waals surface area (Å²) in [4.78, 5) is 12.9. The highest BCUT2D eigenvalue weighted by molar-refractivity contribution is 5.87. The monoisotopic (exact) mass is 588 g/mol. The fourth-order valence-corrected chi connectivity index (χ4v) is 11.7. The summed E-state index contributed by atoms with van der Waals surface area (Å²) in [5.74, 6) is 5.38. The molecule has 10 unspecified atom stereocenters. The highest BCUT2D eigenvalue weighted by Crippen LogP contribution is 2.86. The predicted molar refractivity (Wildman–Crippen MR) is 174 cm³/mol. The van der Waals surface area contributed by atoms with Crippen molar-refractivity contribution in [3.05, 3.63) is 42.0 Å². The highest BCUT2D eigenvalue weighted by atomic mass is 16.5. The molecule has 43 heavy (non-hydrogen) atoms. The molecule has 2 spiro atoms. The molecular formula is C39H56O4. The van der Waals surface area contributed by atoms with Gasteiger partial charge in [-0.2, -0.15) is 0 Å². The van der Waals surface area contributed by atoms with E-state index in [9.17, 15) is 9.90 Å². The molecule has 0 saturated heterocycles. The van der Waals surface area contributed by atoms with Crippen LogP contribution in [-0.4, -0.2) is 24.3 Å². The predicted octanol–water partition coefficient (Wildman–Crippen LogP) is 9.61. The van der Waals surface area contributed by atoms with Gasteiger partial charge in [-0.25, -0.2) is 4.79 Å². The number of carbonyl (C=O) groups excluding carboxylic acids is 1. The molecule has 236 valence electrons. The number of hydrogen-bond donors (Lipinski definition) is 1. The van der Waals surface area contributed by atoms with Gasteiger partial charge in [-0.3, -0.25) is 0 Å². The topological polar surface area (TPSA) is 55.8 Å². The fraction of sp³-hybridized carbons (Fsp3) is 0.718. The van der Waals surface area contributed by atoms with Crippen LogP contribution in [0.2, 0.25) is 0 Å². The first-order valence-corrected chi connectivity index (χ1v) is 17.4. The third-order valence-electron chi connectivity index (χ3n) is 14.2. The van der Waals surface area contributed by atoms with Gasteiger partial charge in [0.1, 0.15) is 6.10 Å². The largest absolute Gasteiger partial charge is 0.504 e. The average molecular weight is 589 g/mol. The lowest BCUT2D eigenvalue weighted by Crippen LogP contribution is -2.51. The second-order valence-electron chi connectivity index (χ2n) is 16.0. The summed E-state index contributed by atoms with van der Waals surface area (Å²) in [6.07, 6.45) is 17.9. The number of rotatable bonds is 9. The number of benzene rings is 1. The minimum atomic E-state index is -0.268. The van der Waals surface area contributed by atoms with Crippen molar-refractivity contribution in [3.8, 4) is 11.5 Å². The van der Waals surface area contributed by atoms with E-state index in [-0.39, 0.29) is 17.8 Å². The number of carbonyl (C=O) groups is 1. The van der Waals surface area contributed by atoms with E-state index >= 15 is 0 Å². The average Bonchev–Trinajstić information content (AvgIpc) is 3.52. The lowest BCUT2D eigenvalue weighted by Gasteiger charge is -2.57. The molecule has 0 amide bonds. The van der Waals surface area contributed by atoms with Crippen LogP contribution in [-0.2, 0) is 9.53 Å². The molecule has 6 rings (SSSR count). The van der Waals surface area contributed by atoms with Gasteiger partial charge < -0.3 is 14.6 Å². The molecule has 0 aliphatic heterocycles. The first-order valence-electron chi connectivity index (χ1n) is 17.4. The number of aromatic hydroxyl groups is 1. The molecule has 1 aromatic carbocycles. The minimum absolute atomic E-state index is 0.00230. The molecule has 5 fully saturated rings. The van der Waals surface area contributed by atoms with Crippen molar-refractivity contribution in [1.29, 1.82) is 0 Å². The molecule has 5 aliphatic rings. The van der Waals surface area contributed by atoms with Crippen LogP contribution in [0.4, 0.5) is 0 Å². The molecule has 0 heterocycles. The number of phenolic OH excluding ortho intramolecular Hbond substituents is 1. The van der Waals surface area contributed by atoms with Crippen LogP contribution in [0.25, 0.3) is 6.08 Å². The maximum atomic E-state index is 12.9. The van der Waals surface area contributed by atoms with Gasteiger partial charge >= 0.3 is 5.97 Å². The van der Waals surface area contributed by atoms with Crippen molar-refractivity contribution in [2.24, 2.45) is 57.7 Å². The first-order chi connectivity index (χ1) is 20.5. The molecule has 5 saturated carbocycles. The zero-order valence-corrected chi connectivity index (χ0v) is 27.7. The normalized spacial score (nSPS) is 40.3. The van der Waals surface area contributed by atoms with Gasteiger partial charge in [0.15, 0.2) is 11.5 Å². The number of ether oxygens (including phenoxy) is 2. The van der Waals surface area contributed by atoms with Gasteiger partial charge in [0.2, 0.25) is 0 Å². The summed E-state index contributed by atoms with van der Waals surface area (Å²) in [7, 11) is 1.52. The zero-order chi connectivity index (χ0) is 30.7. The van der Waals surface area contributed by atoms with Gasteiger partial charge in [0.05, 0.1) is 7.11 Å². The zero-order valence-electron chi connectivity index (χ0n) is 27.7. The van der Waals surface area contributed by atoms with E-state index in [0.29, 0.717) is 39.7 Å². The Morgan fingerprint density at radius 3 is 2.51 bits per heavy atom. The molecule has 1 N–H and O–H groups in total. The molecule has 4 heteroatoms. The molecular weight excluding hydrogens is 532 g/mol. The highest BCUT2D eigenvalue weighted by Gasteiger charge is 2.79. The van der Waals surface area contributed by atoms with Crippen molar-refractivity contribution in [2.45, 2.75) is 111 Å². The second-order valence-corrected chi connectivity index (χ2v) is 16.0. The van der Waals surface area contributed by atoms with Gasteiger partial charge in [-0.05, 0) is 152 Å². The summed E-state index contributed by atoms with van der Waals surface area (Å²) in [6, 6.07) is 5.08. The van der Waals surface area contributed by atoms with Crippen molar-refractivity contribution < 1.29 is 19.4 Å². The lowest BCUT2D eigenvalue weighted by atomic mass is 9.48. The second kappa shape index (κ2) is 11.3. The summed E-state index contributed by atoms with van der Waals surface area (Å²) >= 11 is 0. The smallest absolute Gasteiger partial charge is 0.331 e. The van der Waals surface area contributed by atoms with Gasteiger partial charge in [-0.15, -0.1) is 0 Å². The molecule has 0 radical (unpaired) electrons. The molecule has 0 bridgehead atoms. The van der Waals surface area contributed by atoms with E-state index in [1.165, 1.54) is 83.0 Å². The van der Waals surface area contributed by atoms with Crippen molar-refractivity contribution in [3.63, 3.8) is 0 Å². The Balaban J connectivity index is 1.09. The van der Waals surface area contributed by atoms with E-state index in [0.717, 1.165) is 35.7 Å². The lowest BCUT2D eigenvalue weighted by molar-refractivity contribution is -0.155. The van der Waals surface area contributed by atoms with Crippen LogP contribution in [0.5, 0.6) is 11.5 Å². The number of methoxy groups -OCH3 is 1. The molecule has 4 nitrogen and oxygen atoms in total. The SMILES string of the molecule is C=C(CCC(C)C1CCC2C3CCC4C(C)C(OC(=O)C=Cc5ccc(O)c(OC)c5)CCC45CC35CCC12C)C(C)C. The number of hydrogen-bond acceptors (Lipinski definition) is 4. The Morgan fingerprint density at radius 1 is 1.05 bits per heavy atom. The van der Waals surface area contributed by atoms with E-state index in [2.05, 4.69) is 41.2 Å². The number of fused-ring (bicyclic) bond motifs is 2. The molecule has 0 aromatic heterocycles. The van der Waals surface area contributed by atoms with Crippen LogP contribution in [0.15, 0.2) is 36.4 Å². The van der Waals surface area contributed by atoms with Crippen LogP contribution in [0.1, 0.15) is 111 Å². The Bertz CT molecular complexity index is 1260. The van der Waals surface area contributed by atoms with Crippen LogP contribution in [0, 0.1) is 57.7 Å². The molecule has 10 atom stereocenters. The van der Waals surface area contributed by atoms with Gasteiger partial charge in [0, 0.05) is 6.08 Å². The third-order valence-corrected chi connectivity index (χ3v) is 14.2. The fourth-order valence-electron chi connectivity index (χ4n) is 11.7. The van der Waals surface area contributed by atoms with Crippen molar-refractivity contribution in [1.82, 2.24) is 0 Å². The van der Waals surface area contributed by atoms with Gasteiger partial charge in [-0.1, -0.05) is 52.8 Å². The summed E-state index contributed by atoms with van der Waals surface area (Å²) in [5, 5.41) is 9.85. The quantitative estimate of drug-likeness (QED) is 0.177. The number of phenols is 1. The van der Waals surface area contributed by atoms with E-state index in [4.69, 9.17) is 9.47 Å². The van der Waals surface area contributed by atoms with Crippen molar-refractivity contribution >= 4 is 12.0 Å². The maximum Gasteiger partial charge on any atom is 0.331 e. The Kier molecular flexibility index (Phi) is 8.08. The van der Waals surface area contributed by atoms with Crippen LogP contribution in [0.3, 0.4) is 0 Å². The summed E-state index contributed by atoms with van der Waals surface area (Å²) in [5.41, 5.74) is 3.80. The van der Waals surface area contributed by atoms with Gasteiger partial charge in [0.25, 0.3) is 0 Å². The number of allylic oxidation sites excluding steroid dienone is 1. The maximum absolute atomic E-state index is 12.9. The number of esters is 1. The van der Waals surface area contributed by atoms with E-state index in [1.807, 2.05) is 0 Å². The van der Waals surface area contributed by atoms with Crippen LogP contribution < -0.4 is 4.74 Å². The Labute approximate surface area is 260 Å². The van der Waals surface area contributed by atoms with E-state index < -0.39 is 0 Å². The Morgan fingerprint density at radius 2 is 1.77 bits per heavy atom. The third kappa shape index (κ3) is 4.98. The summed E-state index contributed by atoms with van der Waals surface area (Å²) in [6.45, 7) is 16.6. The first kappa shape index (κ1) is 30.8. The van der Waals surface area contributed by atoms with E-state index in [1.54, 1.807) is 24.3 Å².